The summed E-state index contributed by atoms with van der Waals surface area (Å²) in [4.78, 5) is 27.0. The van der Waals surface area contributed by atoms with Crippen LogP contribution < -0.4 is 10.6 Å². The van der Waals surface area contributed by atoms with E-state index in [-0.39, 0.29) is 17.2 Å². The molecule has 0 saturated heterocycles. The number of nitrogens with zero attached hydrogens (tertiary/aromatic N) is 1. The molecule has 2 N–H and O–H groups in total. The molecular formula is C30H39N3O2S. The van der Waals surface area contributed by atoms with Crippen molar-refractivity contribution in [2.45, 2.75) is 61.4 Å². The predicted molar refractivity (Wildman–Crippen MR) is 156 cm³/mol. The number of allylic oxidation sites excluding steroid dienone is 7. The highest BCUT2D eigenvalue weighted by molar-refractivity contribution is 8.05. The lowest BCUT2D eigenvalue weighted by Crippen LogP contribution is -2.24. The number of aromatic nitrogens is 1. The van der Waals surface area contributed by atoms with Crippen LogP contribution in [0.2, 0.25) is 0 Å². The average Bonchev–Trinajstić information content (AvgIpc) is 3.16. The van der Waals surface area contributed by atoms with Crippen molar-refractivity contribution in [2.24, 2.45) is 5.41 Å². The molecule has 0 aliphatic heterocycles. The number of carbonyl (C=O) groups excluding carboxylic acids is 2. The maximum atomic E-state index is 13.3. The summed E-state index contributed by atoms with van der Waals surface area (Å²) in [5.74, 6) is -0.224. The maximum absolute atomic E-state index is 13.3. The summed E-state index contributed by atoms with van der Waals surface area (Å²) in [7, 11) is 0. The molecule has 2 amide bonds. The van der Waals surface area contributed by atoms with Gasteiger partial charge in [-0.25, -0.2) is 0 Å². The second-order valence-corrected chi connectivity index (χ2v) is 11.1. The minimum absolute atomic E-state index is 0.0267. The lowest BCUT2D eigenvalue weighted by atomic mass is 9.92. The zero-order valence-corrected chi connectivity index (χ0v) is 23.4. The van der Waals surface area contributed by atoms with Crippen LogP contribution in [-0.2, 0) is 11.3 Å². The van der Waals surface area contributed by atoms with Gasteiger partial charge in [-0.1, -0.05) is 51.7 Å². The zero-order chi connectivity index (χ0) is 26.9. The first-order valence-electron chi connectivity index (χ1n) is 12.1. The van der Waals surface area contributed by atoms with Crippen LogP contribution in [0.25, 0.3) is 10.9 Å². The summed E-state index contributed by atoms with van der Waals surface area (Å²) in [5.41, 5.74) is 3.93. The predicted octanol–water partition coefficient (Wildman–Crippen LogP) is 7.95. The van der Waals surface area contributed by atoms with Gasteiger partial charge in [-0.3, -0.25) is 9.59 Å². The lowest BCUT2D eigenvalue weighted by molar-refractivity contribution is -0.117. The van der Waals surface area contributed by atoms with Gasteiger partial charge in [0.2, 0.25) is 5.91 Å². The minimum atomic E-state index is -0.198. The molecule has 6 heteroatoms. The minimum Gasteiger partial charge on any atom is -0.332 e. The van der Waals surface area contributed by atoms with Gasteiger partial charge in [0, 0.05) is 35.3 Å². The largest absolute Gasteiger partial charge is 0.332 e. The van der Waals surface area contributed by atoms with E-state index in [0.717, 1.165) is 22.2 Å². The fourth-order valence-corrected chi connectivity index (χ4v) is 4.12. The van der Waals surface area contributed by atoms with Gasteiger partial charge >= 0.3 is 0 Å². The van der Waals surface area contributed by atoms with Crippen LogP contribution in [0, 0.1) is 5.41 Å². The van der Waals surface area contributed by atoms with Gasteiger partial charge in [0.05, 0.1) is 0 Å². The van der Waals surface area contributed by atoms with Crippen molar-refractivity contribution in [3.8, 4) is 0 Å². The van der Waals surface area contributed by atoms with E-state index >= 15 is 0 Å². The topological polar surface area (TPSA) is 63.1 Å². The van der Waals surface area contributed by atoms with Gasteiger partial charge in [-0.15, -0.1) is 11.8 Å². The van der Waals surface area contributed by atoms with Gasteiger partial charge in [0.1, 0.15) is 5.69 Å². The number of amides is 2. The third kappa shape index (κ3) is 8.76. The summed E-state index contributed by atoms with van der Waals surface area (Å²) >= 11 is 1.67. The third-order valence-corrected chi connectivity index (χ3v) is 6.48. The molecule has 36 heavy (non-hydrogen) atoms. The first-order chi connectivity index (χ1) is 17.0. The quantitative estimate of drug-likeness (QED) is 0.322. The van der Waals surface area contributed by atoms with E-state index in [1.165, 1.54) is 4.91 Å². The molecule has 0 fully saturated rings. The molecule has 2 aromatic rings. The van der Waals surface area contributed by atoms with Crippen molar-refractivity contribution in [1.82, 2.24) is 9.88 Å². The van der Waals surface area contributed by atoms with Gasteiger partial charge in [-0.05, 0) is 79.3 Å². The van der Waals surface area contributed by atoms with Crippen molar-refractivity contribution in [3.63, 3.8) is 0 Å². The van der Waals surface area contributed by atoms with Gasteiger partial charge < -0.3 is 15.2 Å². The monoisotopic (exact) mass is 505 g/mol. The number of hydrogen-bond donors (Lipinski definition) is 2. The Hall–Kier alpha value is -3.25. The Bertz CT molecular complexity index is 1240. The molecule has 2 rings (SSSR count). The molecule has 0 bridgehead atoms. The highest BCUT2D eigenvalue weighted by atomic mass is 32.2. The second-order valence-electron chi connectivity index (χ2n) is 9.95. The second kappa shape index (κ2) is 13.2. The SMILES string of the molecule is C=C/C=C\C(=C/C)NC(=O)c1cc2cc(NC(=O)CC(C)(C)C)ccc2n1C/C(C)=C/S/C(C)=C\C. The standard InChI is InChI=1S/C30H39N3O2S/c1-9-12-13-24(11-3)32-29(35)27-17-23-16-25(31-28(34)18-30(6,7)8)14-15-26(23)33(27)19-21(4)20-36-22(5)10-2/h9-17,20H,1,18-19H2,2-8H3,(H,31,34)(H,32,35)/b13-12-,21-20+,22-10-,24-11+. The van der Waals surface area contributed by atoms with Crippen molar-refractivity contribution < 1.29 is 9.59 Å². The van der Waals surface area contributed by atoms with Crippen LogP contribution in [-0.4, -0.2) is 16.4 Å². The zero-order valence-electron chi connectivity index (χ0n) is 22.6. The number of nitrogens with one attached hydrogen (secondary N) is 2. The lowest BCUT2D eigenvalue weighted by Gasteiger charge is -2.17. The summed E-state index contributed by atoms with van der Waals surface area (Å²) in [6, 6.07) is 7.66. The first kappa shape index (κ1) is 29.0. The van der Waals surface area contributed by atoms with Gasteiger partial charge in [0.15, 0.2) is 0 Å². The molecule has 5 nitrogen and oxygen atoms in total. The Kier molecular flexibility index (Phi) is 10.6. The molecular weight excluding hydrogens is 466 g/mol. The van der Waals surface area contributed by atoms with E-state index in [4.69, 9.17) is 0 Å². The number of benzene rings is 1. The van der Waals surface area contributed by atoms with E-state index in [1.54, 1.807) is 23.9 Å². The summed E-state index contributed by atoms with van der Waals surface area (Å²) in [5, 5.41) is 8.99. The summed E-state index contributed by atoms with van der Waals surface area (Å²) < 4.78 is 2.02. The summed E-state index contributed by atoms with van der Waals surface area (Å²) in [6.45, 7) is 18.4. The molecule has 0 spiro atoms. The molecule has 0 radical (unpaired) electrons. The molecule has 1 heterocycles. The number of fused-ring (bicyclic) bond motifs is 1. The molecule has 0 aliphatic rings. The van der Waals surface area contributed by atoms with Gasteiger partial charge in [-0.2, -0.15) is 0 Å². The number of carbonyl (C=O) groups is 2. The van der Waals surface area contributed by atoms with Crippen molar-refractivity contribution >= 4 is 40.2 Å². The van der Waals surface area contributed by atoms with Crippen molar-refractivity contribution in [1.29, 1.82) is 0 Å². The van der Waals surface area contributed by atoms with Crippen LogP contribution in [0.15, 0.2) is 82.8 Å². The van der Waals surface area contributed by atoms with Crippen molar-refractivity contribution in [3.05, 3.63) is 88.5 Å². The van der Waals surface area contributed by atoms with Crippen LogP contribution in [0.3, 0.4) is 0 Å². The Labute approximate surface area is 220 Å². The van der Waals surface area contributed by atoms with Crippen molar-refractivity contribution in [2.75, 3.05) is 5.32 Å². The normalized spacial score (nSPS) is 13.4. The fraction of sp³-hybridized carbons (Fsp3) is 0.333. The molecule has 0 saturated carbocycles. The molecule has 1 aromatic carbocycles. The number of rotatable bonds is 10. The maximum Gasteiger partial charge on any atom is 0.272 e. The number of anilines is 1. The third-order valence-electron chi connectivity index (χ3n) is 5.35. The molecule has 192 valence electrons. The number of thioether (sulfide) groups is 1. The highest BCUT2D eigenvalue weighted by Gasteiger charge is 2.19. The molecule has 0 unspecified atom stereocenters. The van der Waals surface area contributed by atoms with E-state index in [9.17, 15) is 9.59 Å². The molecule has 0 aliphatic carbocycles. The van der Waals surface area contributed by atoms with Crippen LogP contribution in [0.1, 0.15) is 65.4 Å². The fourth-order valence-electron chi connectivity index (χ4n) is 3.52. The number of hydrogen-bond acceptors (Lipinski definition) is 3. The summed E-state index contributed by atoms with van der Waals surface area (Å²) in [6.07, 6.45) is 9.60. The van der Waals surface area contributed by atoms with Crippen LogP contribution >= 0.6 is 11.8 Å². The average molecular weight is 506 g/mol. The first-order valence-corrected chi connectivity index (χ1v) is 13.0. The van der Waals surface area contributed by atoms with E-state index in [2.05, 4.69) is 42.5 Å². The van der Waals surface area contributed by atoms with Crippen LogP contribution in [0.4, 0.5) is 5.69 Å². The van der Waals surface area contributed by atoms with Crippen LogP contribution in [0.5, 0.6) is 0 Å². The van der Waals surface area contributed by atoms with E-state index in [1.807, 2.05) is 75.6 Å². The smallest absolute Gasteiger partial charge is 0.272 e. The van der Waals surface area contributed by atoms with Gasteiger partial charge in [0.25, 0.3) is 5.91 Å². The highest BCUT2D eigenvalue weighted by Crippen LogP contribution is 2.27. The Balaban J connectivity index is 2.47. The molecule has 0 atom stereocenters. The molecule has 1 aromatic heterocycles. The Morgan fingerprint density at radius 3 is 2.44 bits per heavy atom. The van der Waals surface area contributed by atoms with E-state index < -0.39 is 0 Å². The van der Waals surface area contributed by atoms with E-state index in [0.29, 0.717) is 24.4 Å². The Morgan fingerprint density at radius 1 is 1.11 bits per heavy atom. The Morgan fingerprint density at radius 2 is 1.83 bits per heavy atom.